The highest BCUT2D eigenvalue weighted by atomic mass is 16.5. The highest BCUT2D eigenvalue weighted by Gasteiger charge is 2.17. The predicted octanol–water partition coefficient (Wildman–Crippen LogP) is 4.48. The molecule has 128 valence electrons. The van der Waals surface area contributed by atoms with Crippen molar-refractivity contribution in [2.75, 3.05) is 0 Å². The lowest BCUT2D eigenvalue weighted by atomic mass is 10.0. The summed E-state index contributed by atoms with van der Waals surface area (Å²) in [7, 11) is 0. The normalized spacial score (nSPS) is 16.2. The Balaban J connectivity index is 1.63. The molecule has 4 nitrogen and oxygen atoms in total. The molecule has 1 aliphatic heterocycles. The van der Waals surface area contributed by atoms with Crippen molar-refractivity contribution in [2.24, 2.45) is 10.7 Å². The van der Waals surface area contributed by atoms with Crippen LogP contribution in [-0.4, -0.2) is 5.96 Å². The van der Waals surface area contributed by atoms with Crippen molar-refractivity contribution in [1.29, 1.82) is 0 Å². The van der Waals surface area contributed by atoms with Gasteiger partial charge in [0.1, 0.15) is 11.5 Å². The Labute approximate surface area is 152 Å². The van der Waals surface area contributed by atoms with Crippen molar-refractivity contribution >= 4 is 11.7 Å². The molecule has 26 heavy (non-hydrogen) atoms. The van der Waals surface area contributed by atoms with Gasteiger partial charge < -0.3 is 15.8 Å². The number of benzene rings is 3. The molecule has 3 aromatic rings. The molecule has 0 aliphatic carbocycles. The van der Waals surface area contributed by atoms with Crippen LogP contribution in [0.5, 0.6) is 11.5 Å². The zero-order chi connectivity index (χ0) is 17.8. The van der Waals surface area contributed by atoms with E-state index in [0.29, 0.717) is 5.96 Å². The van der Waals surface area contributed by atoms with Gasteiger partial charge in [-0.3, -0.25) is 0 Å². The van der Waals surface area contributed by atoms with E-state index in [1.807, 2.05) is 84.9 Å². The number of guanidine groups is 1. The zero-order valence-electron chi connectivity index (χ0n) is 14.2. The number of rotatable bonds is 4. The number of nitrogens with zero attached hydrogens (tertiary/aromatic N) is 1. The molecule has 1 unspecified atom stereocenters. The highest BCUT2D eigenvalue weighted by Crippen LogP contribution is 2.30. The first-order chi connectivity index (χ1) is 12.8. The van der Waals surface area contributed by atoms with Gasteiger partial charge in [-0.2, -0.15) is 0 Å². The van der Waals surface area contributed by atoms with Crippen LogP contribution in [0.2, 0.25) is 0 Å². The van der Waals surface area contributed by atoms with Gasteiger partial charge in [0.05, 0.1) is 6.04 Å². The largest absolute Gasteiger partial charge is 0.457 e. The van der Waals surface area contributed by atoms with Crippen LogP contribution in [0.3, 0.4) is 0 Å². The van der Waals surface area contributed by atoms with E-state index >= 15 is 0 Å². The van der Waals surface area contributed by atoms with Crippen LogP contribution in [0.15, 0.2) is 96.0 Å². The fourth-order valence-electron chi connectivity index (χ4n) is 2.90. The Morgan fingerprint density at radius 2 is 1.50 bits per heavy atom. The lowest BCUT2D eigenvalue weighted by molar-refractivity contribution is 0.481. The van der Waals surface area contributed by atoms with Gasteiger partial charge in [-0.05, 0) is 41.5 Å². The number of para-hydroxylation sites is 1. The summed E-state index contributed by atoms with van der Waals surface area (Å²) >= 11 is 0. The number of nitrogens with two attached hydrogens (primary N) is 1. The van der Waals surface area contributed by atoms with E-state index in [9.17, 15) is 0 Å². The molecule has 0 aromatic heterocycles. The van der Waals surface area contributed by atoms with E-state index in [-0.39, 0.29) is 6.04 Å². The first-order valence-electron chi connectivity index (χ1n) is 8.48. The SMILES string of the molecule is NC1=NC(c2cccc(Oc3ccccc3)c2)C=C(c2ccccc2)N1. The predicted molar refractivity (Wildman–Crippen MR) is 105 cm³/mol. The van der Waals surface area contributed by atoms with Crippen molar-refractivity contribution in [1.82, 2.24) is 5.32 Å². The van der Waals surface area contributed by atoms with Crippen molar-refractivity contribution in [2.45, 2.75) is 6.04 Å². The lowest BCUT2D eigenvalue weighted by Gasteiger charge is -2.21. The van der Waals surface area contributed by atoms with Crippen molar-refractivity contribution in [3.8, 4) is 11.5 Å². The molecule has 0 fully saturated rings. The number of aliphatic imine (C=N–C) groups is 1. The molecule has 1 heterocycles. The van der Waals surface area contributed by atoms with Crippen LogP contribution in [-0.2, 0) is 0 Å². The molecule has 1 aliphatic rings. The molecule has 1 atom stereocenters. The Kier molecular flexibility index (Phi) is 4.39. The van der Waals surface area contributed by atoms with Gasteiger partial charge >= 0.3 is 0 Å². The van der Waals surface area contributed by atoms with Crippen LogP contribution in [0.1, 0.15) is 17.2 Å². The van der Waals surface area contributed by atoms with Gasteiger partial charge in [0.25, 0.3) is 0 Å². The summed E-state index contributed by atoms with van der Waals surface area (Å²) in [5, 5.41) is 3.14. The van der Waals surface area contributed by atoms with Crippen LogP contribution in [0, 0.1) is 0 Å². The maximum absolute atomic E-state index is 6.02. The molecule has 3 N–H and O–H groups in total. The summed E-state index contributed by atoms with van der Waals surface area (Å²) in [6, 6.07) is 27.6. The average molecular weight is 341 g/mol. The second kappa shape index (κ2) is 7.15. The summed E-state index contributed by atoms with van der Waals surface area (Å²) in [5.41, 5.74) is 9.07. The molecule has 3 aromatic carbocycles. The van der Waals surface area contributed by atoms with Crippen molar-refractivity contribution < 1.29 is 4.74 Å². The highest BCUT2D eigenvalue weighted by molar-refractivity contribution is 5.90. The quantitative estimate of drug-likeness (QED) is 0.735. The Bertz CT molecular complexity index is 949. The van der Waals surface area contributed by atoms with Gasteiger partial charge in [-0.25, -0.2) is 4.99 Å². The smallest absolute Gasteiger partial charge is 0.194 e. The third-order valence-electron chi connectivity index (χ3n) is 4.13. The van der Waals surface area contributed by atoms with Gasteiger partial charge in [-0.1, -0.05) is 60.7 Å². The minimum Gasteiger partial charge on any atom is -0.457 e. The number of hydrogen-bond acceptors (Lipinski definition) is 4. The fraction of sp³-hybridized carbons (Fsp3) is 0.0455. The van der Waals surface area contributed by atoms with Gasteiger partial charge in [0.15, 0.2) is 5.96 Å². The molecule has 4 rings (SSSR count). The second-order valence-electron chi connectivity index (χ2n) is 6.02. The van der Waals surface area contributed by atoms with E-state index in [0.717, 1.165) is 28.3 Å². The molecular formula is C22H19N3O. The van der Waals surface area contributed by atoms with E-state index in [1.54, 1.807) is 0 Å². The van der Waals surface area contributed by atoms with E-state index in [2.05, 4.69) is 16.4 Å². The van der Waals surface area contributed by atoms with Crippen LogP contribution in [0.25, 0.3) is 5.70 Å². The molecule has 0 saturated heterocycles. The Hall–Kier alpha value is -3.53. The monoisotopic (exact) mass is 341 g/mol. The Morgan fingerprint density at radius 3 is 2.27 bits per heavy atom. The maximum Gasteiger partial charge on any atom is 0.194 e. The number of nitrogens with one attached hydrogen (secondary N) is 1. The third-order valence-corrected chi connectivity index (χ3v) is 4.13. The molecular weight excluding hydrogens is 322 g/mol. The van der Waals surface area contributed by atoms with Gasteiger partial charge in [0.2, 0.25) is 0 Å². The molecule has 0 radical (unpaired) electrons. The van der Waals surface area contributed by atoms with Crippen LogP contribution >= 0.6 is 0 Å². The summed E-state index contributed by atoms with van der Waals surface area (Å²) in [5.74, 6) is 1.99. The average Bonchev–Trinajstić information content (AvgIpc) is 2.69. The van der Waals surface area contributed by atoms with E-state index in [1.165, 1.54) is 0 Å². The molecule has 0 spiro atoms. The first-order valence-corrected chi connectivity index (χ1v) is 8.48. The van der Waals surface area contributed by atoms with Gasteiger partial charge in [-0.15, -0.1) is 0 Å². The molecule has 0 bridgehead atoms. The van der Waals surface area contributed by atoms with E-state index < -0.39 is 0 Å². The Morgan fingerprint density at radius 1 is 0.808 bits per heavy atom. The maximum atomic E-state index is 6.02. The summed E-state index contributed by atoms with van der Waals surface area (Å²) in [6.45, 7) is 0. The number of ether oxygens (including phenoxy) is 1. The van der Waals surface area contributed by atoms with Gasteiger partial charge in [0, 0.05) is 5.70 Å². The minimum atomic E-state index is -0.161. The van der Waals surface area contributed by atoms with Crippen molar-refractivity contribution in [3.63, 3.8) is 0 Å². The standard InChI is InChI=1S/C22H19N3O/c23-22-24-20(16-8-3-1-4-9-16)15-21(25-22)17-10-7-13-19(14-17)26-18-11-5-2-6-12-18/h1-15,21H,(H3,23,24,25). The second-order valence-corrected chi connectivity index (χ2v) is 6.02. The molecule has 0 amide bonds. The zero-order valence-corrected chi connectivity index (χ0v) is 14.2. The molecule has 0 saturated carbocycles. The number of hydrogen-bond donors (Lipinski definition) is 2. The fourth-order valence-corrected chi connectivity index (χ4v) is 2.90. The van der Waals surface area contributed by atoms with E-state index in [4.69, 9.17) is 10.5 Å². The van der Waals surface area contributed by atoms with Crippen LogP contribution < -0.4 is 15.8 Å². The topological polar surface area (TPSA) is 59.6 Å². The molecule has 4 heteroatoms. The summed E-state index contributed by atoms with van der Waals surface area (Å²) in [6.07, 6.45) is 2.08. The first kappa shape index (κ1) is 16.0. The van der Waals surface area contributed by atoms with Crippen molar-refractivity contribution in [3.05, 3.63) is 102 Å². The van der Waals surface area contributed by atoms with Crippen LogP contribution in [0.4, 0.5) is 0 Å². The summed E-state index contributed by atoms with van der Waals surface area (Å²) in [4.78, 5) is 4.53. The summed E-state index contributed by atoms with van der Waals surface area (Å²) < 4.78 is 5.93. The lowest BCUT2D eigenvalue weighted by Crippen LogP contribution is -2.33. The minimum absolute atomic E-state index is 0.161. The third kappa shape index (κ3) is 3.59.